The van der Waals surface area contributed by atoms with Crippen LogP contribution in [0.25, 0.3) is 0 Å². The summed E-state index contributed by atoms with van der Waals surface area (Å²) < 4.78 is 0. The average molecular weight is 310 g/mol. The Bertz CT molecular complexity index is 668. The van der Waals surface area contributed by atoms with Gasteiger partial charge in [0, 0.05) is 31.4 Å². The fraction of sp³-hybridized carbons (Fsp3) is 0.474. The number of benzene rings is 1. The van der Waals surface area contributed by atoms with Gasteiger partial charge in [0.25, 0.3) is 0 Å². The molecule has 3 rings (SSSR count). The van der Waals surface area contributed by atoms with Crippen LogP contribution in [0.15, 0.2) is 30.3 Å². The van der Waals surface area contributed by atoms with Gasteiger partial charge in [-0.25, -0.2) is 4.98 Å². The standard InChI is InChI=1S/C19H26N4/c1-14-6-4-8-17(10-14)12-20-19-21-16(3)11-18(22-19)23-9-5-7-15(2)13-23/h4,6,8,10-11,15H,5,7,9,12-13H2,1-3H3,(H,20,21,22). The summed E-state index contributed by atoms with van der Waals surface area (Å²) in [6.07, 6.45) is 2.56. The molecule has 0 saturated carbocycles. The van der Waals surface area contributed by atoms with Gasteiger partial charge >= 0.3 is 0 Å². The minimum absolute atomic E-state index is 0.722. The Morgan fingerprint density at radius 3 is 2.87 bits per heavy atom. The summed E-state index contributed by atoms with van der Waals surface area (Å²) in [5, 5.41) is 3.37. The monoisotopic (exact) mass is 310 g/mol. The lowest BCUT2D eigenvalue weighted by molar-refractivity contribution is 0.444. The van der Waals surface area contributed by atoms with Crippen molar-refractivity contribution < 1.29 is 0 Å². The Morgan fingerprint density at radius 2 is 2.09 bits per heavy atom. The molecule has 0 radical (unpaired) electrons. The van der Waals surface area contributed by atoms with E-state index >= 15 is 0 Å². The van der Waals surface area contributed by atoms with Gasteiger partial charge in [-0.05, 0) is 38.2 Å². The fourth-order valence-corrected chi connectivity index (χ4v) is 3.19. The van der Waals surface area contributed by atoms with Crippen LogP contribution in [0, 0.1) is 19.8 Å². The van der Waals surface area contributed by atoms with Crippen molar-refractivity contribution in [2.75, 3.05) is 23.3 Å². The molecule has 1 aromatic carbocycles. The molecule has 1 N–H and O–H groups in total. The molecule has 1 aromatic heterocycles. The van der Waals surface area contributed by atoms with E-state index in [0.29, 0.717) is 0 Å². The van der Waals surface area contributed by atoms with Crippen LogP contribution in [0.3, 0.4) is 0 Å². The Balaban J connectivity index is 1.72. The van der Waals surface area contributed by atoms with E-state index in [4.69, 9.17) is 4.98 Å². The molecule has 0 aliphatic carbocycles. The molecule has 1 fully saturated rings. The van der Waals surface area contributed by atoms with E-state index in [1.807, 2.05) is 6.92 Å². The molecule has 1 aliphatic heterocycles. The highest BCUT2D eigenvalue weighted by Gasteiger charge is 2.18. The highest BCUT2D eigenvalue weighted by atomic mass is 15.2. The molecule has 1 unspecified atom stereocenters. The first-order chi connectivity index (χ1) is 11.1. The van der Waals surface area contributed by atoms with Crippen molar-refractivity contribution in [2.24, 2.45) is 5.92 Å². The number of nitrogens with one attached hydrogen (secondary N) is 1. The number of aromatic nitrogens is 2. The van der Waals surface area contributed by atoms with E-state index in [9.17, 15) is 0 Å². The van der Waals surface area contributed by atoms with Crippen molar-refractivity contribution in [2.45, 2.75) is 40.2 Å². The number of nitrogens with zero attached hydrogens (tertiary/aromatic N) is 3. The van der Waals surface area contributed by atoms with Crippen LogP contribution in [0.4, 0.5) is 11.8 Å². The summed E-state index contributed by atoms with van der Waals surface area (Å²) in [6.45, 7) is 9.41. The van der Waals surface area contributed by atoms with Gasteiger partial charge in [0.1, 0.15) is 5.82 Å². The zero-order valence-corrected chi connectivity index (χ0v) is 14.3. The predicted molar refractivity (Wildman–Crippen MR) is 95.9 cm³/mol. The van der Waals surface area contributed by atoms with Crippen LogP contribution in [0.5, 0.6) is 0 Å². The number of anilines is 2. The lowest BCUT2D eigenvalue weighted by Gasteiger charge is -2.32. The minimum atomic E-state index is 0.722. The van der Waals surface area contributed by atoms with E-state index < -0.39 is 0 Å². The second kappa shape index (κ2) is 6.99. The maximum Gasteiger partial charge on any atom is 0.225 e. The molecule has 0 bridgehead atoms. The quantitative estimate of drug-likeness (QED) is 0.928. The number of piperidine rings is 1. The van der Waals surface area contributed by atoms with Crippen molar-refractivity contribution in [1.29, 1.82) is 0 Å². The van der Waals surface area contributed by atoms with Crippen molar-refractivity contribution in [3.05, 3.63) is 47.2 Å². The number of hydrogen-bond acceptors (Lipinski definition) is 4. The second-order valence-corrected chi connectivity index (χ2v) is 6.73. The maximum atomic E-state index is 4.73. The van der Waals surface area contributed by atoms with Gasteiger partial charge in [0.2, 0.25) is 5.95 Å². The fourth-order valence-electron chi connectivity index (χ4n) is 3.19. The van der Waals surface area contributed by atoms with Crippen molar-refractivity contribution >= 4 is 11.8 Å². The number of rotatable bonds is 4. The SMILES string of the molecule is Cc1cccc(CNc2nc(C)cc(N3CCCC(C)C3)n2)c1. The summed E-state index contributed by atoms with van der Waals surface area (Å²) in [5.41, 5.74) is 3.54. The molecule has 0 spiro atoms. The average Bonchev–Trinajstić information content (AvgIpc) is 2.52. The molecular formula is C19H26N4. The lowest BCUT2D eigenvalue weighted by atomic mass is 10.0. The smallest absolute Gasteiger partial charge is 0.225 e. The zero-order chi connectivity index (χ0) is 16.2. The van der Waals surface area contributed by atoms with Gasteiger partial charge in [0.15, 0.2) is 0 Å². The van der Waals surface area contributed by atoms with Crippen LogP contribution >= 0.6 is 0 Å². The molecule has 1 aliphatic rings. The molecular weight excluding hydrogens is 284 g/mol. The summed E-state index contributed by atoms with van der Waals surface area (Å²) in [4.78, 5) is 11.7. The molecule has 1 saturated heterocycles. The van der Waals surface area contributed by atoms with E-state index in [0.717, 1.165) is 43.0 Å². The second-order valence-electron chi connectivity index (χ2n) is 6.73. The van der Waals surface area contributed by atoms with E-state index in [1.54, 1.807) is 0 Å². The number of hydrogen-bond donors (Lipinski definition) is 1. The molecule has 4 heteroatoms. The van der Waals surface area contributed by atoms with Crippen LogP contribution < -0.4 is 10.2 Å². The van der Waals surface area contributed by atoms with E-state index in [2.05, 4.69) is 59.4 Å². The van der Waals surface area contributed by atoms with Gasteiger partial charge in [-0.2, -0.15) is 4.98 Å². The third-order valence-electron chi connectivity index (χ3n) is 4.35. The summed E-state index contributed by atoms with van der Waals surface area (Å²) in [7, 11) is 0. The Labute approximate surface area is 139 Å². The first kappa shape index (κ1) is 15.8. The normalized spacial score (nSPS) is 18.0. The van der Waals surface area contributed by atoms with Crippen molar-refractivity contribution in [1.82, 2.24) is 9.97 Å². The number of aryl methyl sites for hydroxylation is 2. The van der Waals surface area contributed by atoms with Crippen LogP contribution in [-0.2, 0) is 6.54 Å². The van der Waals surface area contributed by atoms with Crippen molar-refractivity contribution in [3.8, 4) is 0 Å². The van der Waals surface area contributed by atoms with Gasteiger partial charge in [-0.15, -0.1) is 0 Å². The van der Waals surface area contributed by atoms with Crippen LogP contribution in [0.2, 0.25) is 0 Å². The van der Waals surface area contributed by atoms with Crippen LogP contribution in [0.1, 0.15) is 36.6 Å². The lowest BCUT2D eigenvalue weighted by Crippen LogP contribution is -2.35. The van der Waals surface area contributed by atoms with E-state index in [-0.39, 0.29) is 0 Å². The highest BCUT2D eigenvalue weighted by molar-refractivity contribution is 5.45. The third kappa shape index (κ3) is 4.21. The van der Waals surface area contributed by atoms with Gasteiger partial charge in [0.05, 0.1) is 0 Å². The molecule has 23 heavy (non-hydrogen) atoms. The molecule has 122 valence electrons. The van der Waals surface area contributed by atoms with Gasteiger partial charge in [-0.1, -0.05) is 36.8 Å². The topological polar surface area (TPSA) is 41.1 Å². The third-order valence-corrected chi connectivity index (χ3v) is 4.35. The first-order valence-electron chi connectivity index (χ1n) is 8.50. The molecule has 2 aromatic rings. The van der Waals surface area contributed by atoms with Crippen LogP contribution in [-0.4, -0.2) is 23.1 Å². The largest absolute Gasteiger partial charge is 0.356 e. The molecule has 4 nitrogen and oxygen atoms in total. The minimum Gasteiger partial charge on any atom is -0.356 e. The van der Waals surface area contributed by atoms with Crippen molar-refractivity contribution in [3.63, 3.8) is 0 Å². The summed E-state index contributed by atoms with van der Waals surface area (Å²) in [5.74, 6) is 2.51. The molecule has 2 heterocycles. The zero-order valence-electron chi connectivity index (χ0n) is 14.3. The summed E-state index contributed by atoms with van der Waals surface area (Å²) in [6, 6.07) is 10.6. The Hall–Kier alpha value is -2.10. The first-order valence-corrected chi connectivity index (χ1v) is 8.50. The molecule has 1 atom stereocenters. The van der Waals surface area contributed by atoms with Gasteiger partial charge < -0.3 is 10.2 Å². The molecule has 0 amide bonds. The Kier molecular flexibility index (Phi) is 4.79. The Morgan fingerprint density at radius 1 is 1.22 bits per heavy atom. The summed E-state index contributed by atoms with van der Waals surface area (Å²) >= 11 is 0. The highest BCUT2D eigenvalue weighted by Crippen LogP contribution is 2.22. The maximum absolute atomic E-state index is 4.73. The van der Waals surface area contributed by atoms with E-state index in [1.165, 1.54) is 24.0 Å². The predicted octanol–water partition coefficient (Wildman–Crippen LogP) is 3.94. The van der Waals surface area contributed by atoms with Gasteiger partial charge in [-0.3, -0.25) is 0 Å².